The number of hydrogen-bond donors (Lipinski definition) is 1. The van der Waals surface area contributed by atoms with Gasteiger partial charge in [0.15, 0.2) is 0 Å². The molecule has 0 bridgehead atoms. The van der Waals surface area contributed by atoms with E-state index in [9.17, 15) is 0 Å². The highest BCUT2D eigenvalue weighted by Crippen LogP contribution is 2.28. The zero-order valence-corrected chi connectivity index (χ0v) is 13.1. The molecule has 1 heterocycles. The highest BCUT2D eigenvalue weighted by Gasteiger charge is 2.12. The first-order valence-corrected chi connectivity index (χ1v) is 7.51. The fraction of sp³-hybridized carbons (Fsp3) is 0.222. The lowest BCUT2D eigenvalue weighted by Gasteiger charge is -2.10. The molecule has 108 valence electrons. The van der Waals surface area contributed by atoms with Gasteiger partial charge in [-0.3, -0.25) is 0 Å². The van der Waals surface area contributed by atoms with Crippen LogP contribution in [-0.2, 0) is 13.1 Å². The molecule has 1 aromatic heterocycles. The van der Waals surface area contributed by atoms with Gasteiger partial charge >= 0.3 is 0 Å². The van der Waals surface area contributed by atoms with E-state index < -0.39 is 0 Å². The highest BCUT2D eigenvalue weighted by molar-refractivity contribution is 6.31. The van der Waals surface area contributed by atoms with Gasteiger partial charge in [0.05, 0.1) is 0 Å². The van der Waals surface area contributed by atoms with E-state index >= 15 is 0 Å². The summed E-state index contributed by atoms with van der Waals surface area (Å²) in [6.45, 7) is 5.69. The number of hydrogen-bond acceptors (Lipinski definition) is 1. The van der Waals surface area contributed by atoms with Crippen molar-refractivity contribution in [2.24, 2.45) is 5.73 Å². The maximum atomic E-state index is 6.30. The van der Waals surface area contributed by atoms with Crippen LogP contribution in [0, 0.1) is 13.8 Å². The Morgan fingerprint density at radius 1 is 1.10 bits per heavy atom. The van der Waals surface area contributed by atoms with E-state index in [4.69, 9.17) is 17.3 Å². The standard InChI is InChI=1S/C18H19ClN2/c1-12-13(2)21(11-15-5-3-4-6-17(15)19)18-8-7-14(10-20)9-16(12)18/h3-9H,10-11,20H2,1-2H3. The number of nitrogens with zero attached hydrogens (tertiary/aromatic N) is 1. The van der Waals surface area contributed by atoms with Crippen LogP contribution in [0.3, 0.4) is 0 Å². The summed E-state index contributed by atoms with van der Waals surface area (Å²) in [5.74, 6) is 0. The van der Waals surface area contributed by atoms with Gasteiger partial charge in [-0.05, 0) is 48.7 Å². The second-order valence-corrected chi connectivity index (χ2v) is 5.85. The number of aryl methyl sites for hydroxylation is 1. The minimum atomic E-state index is 0.574. The van der Waals surface area contributed by atoms with E-state index in [-0.39, 0.29) is 0 Å². The Bertz CT molecular complexity index is 802. The smallest absolute Gasteiger partial charge is 0.0493 e. The topological polar surface area (TPSA) is 30.9 Å². The van der Waals surface area contributed by atoms with Crippen LogP contribution in [0.5, 0.6) is 0 Å². The molecule has 3 heteroatoms. The van der Waals surface area contributed by atoms with Crippen LogP contribution >= 0.6 is 11.6 Å². The van der Waals surface area contributed by atoms with E-state index in [0.717, 1.165) is 17.1 Å². The van der Waals surface area contributed by atoms with Crippen LogP contribution in [0.4, 0.5) is 0 Å². The number of nitrogens with two attached hydrogens (primary N) is 1. The summed E-state index contributed by atoms with van der Waals surface area (Å²) in [6, 6.07) is 14.5. The van der Waals surface area contributed by atoms with Crippen LogP contribution in [0.25, 0.3) is 10.9 Å². The van der Waals surface area contributed by atoms with Gasteiger partial charge in [0.1, 0.15) is 0 Å². The quantitative estimate of drug-likeness (QED) is 0.762. The first-order valence-electron chi connectivity index (χ1n) is 7.13. The lowest BCUT2D eigenvalue weighted by molar-refractivity contribution is 0.801. The van der Waals surface area contributed by atoms with Gasteiger partial charge in [0, 0.05) is 34.7 Å². The van der Waals surface area contributed by atoms with Gasteiger partial charge in [0.2, 0.25) is 0 Å². The Morgan fingerprint density at radius 2 is 1.86 bits per heavy atom. The number of fused-ring (bicyclic) bond motifs is 1. The molecule has 0 aliphatic rings. The second kappa shape index (κ2) is 5.55. The van der Waals surface area contributed by atoms with Gasteiger partial charge in [-0.2, -0.15) is 0 Å². The fourth-order valence-corrected chi connectivity index (χ4v) is 3.02. The summed E-state index contributed by atoms with van der Waals surface area (Å²) < 4.78 is 2.33. The predicted molar refractivity (Wildman–Crippen MR) is 89.9 cm³/mol. The molecule has 0 saturated carbocycles. The van der Waals surface area contributed by atoms with Gasteiger partial charge in [-0.15, -0.1) is 0 Å². The first kappa shape index (κ1) is 14.2. The van der Waals surface area contributed by atoms with Crippen LogP contribution in [0.1, 0.15) is 22.4 Å². The van der Waals surface area contributed by atoms with E-state index in [1.165, 1.54) is 27.7 Å². The van der Waals surface area contributed by atoms with Gasteiger partial charge < -0.3 is 10.3 Å². The number of aromatic nitrogens is 1. The second-order valence-electron chi connectivity index (χ2n) is 5.44. The van der Waals surface area contributed by atoms with Crippen molar-refractivity contribution in [1.82, 2.24) is 4.57 Å². The third-order valence-electron chi connectivity index (χ3n) is 4.23. The minimum absolute atomic E-state index is 0.574. The predicted octanol–water partition coefficient (Wildman–Crippen LogP) is 4.42. The fourth-order valence-electron chi connectivity index (χ4n) is 2.82. The van der Waals surface area contributed by atoms with E-state index in [0.29, 0.717) is 6.54 Å². The van der Waals surface area contributed by atoms with Crippen LogP contribution in [-0.4, -0.2) is 4.57 Å². The molecule has 0 saturated heterocycles. The third-order valence-corrected chi connectivity index (χ3v) is 4.59. The Morgan fingerprint density at radius 3 is 2.57 bits per heavy atom. The van der Waals surface area contributed by atoms with E-state index in [1.807, 2.05) is 18.2 Å². The average Bonchev–Trinajstić information content (AvgIpc) is 2.74. The molecule has 0 aliphatic carbocycles. The third kappa shape index (κ3) is 2.45. The summed E-state index contributed by atoms with van der Waals surface area (Å²) in [5.41, 5.74) is 11.9. The molecule has 0 spiro atoms. The summed E-state index contributed by atoms with van der Waals surface area (Å²) in [4.78, 5) is 0. The molecule has 3 aromatic rings. The maximum absolute atomic E-state index is 6.30. The lowest BCUT2D eigenvalue weighted by atomic mass is 10.1. The number of benzene rings is 2. The van der Waals surface area contributed by atoms with Gasteiger partial charge in [-0.25, -0.2) is 0 Å². The molecule has 21 heavy (non-hydrogen) atoms. The zero-order valence-electron chi connectivity index (χ0n) is 12.4. The van der Waals surface area contributed by atoms with Crippen LogP contribution in [0.15, 0.2) is 42.5 Å². The van der Waals surface area contributed by atoms with Crippen LogP contribution < -0.4 is 5.73 Å². The Kier molecular flexibility index (Phi) is 3.75. The number of rotatable bonds is 3. The monoisotopic (exact) mass is 298 g/mol. The molecule has 2 nitrogen and oxygen atoms in total. The molecule has 0 fully saturated rings. The number of halogens is 1. The van der Waals surface area contributed by atoms with Crippen molar-refractivity contribution in [1.29, 1.82) is 0 Å². The lowest BCUT2D eigenvalue weighted by Crippen LogP contribution is -2.02. The normalized spacial score (nSPS) is 11.2. The molecule has 0 radical (unpaired) electrons. The Balaban J connectivity index is 2.15. The SMILES string of the molecule is Cc1c(C)n(Cc2ccccc2Cl)c2ccc(CN)cc12. The molecule has 2 aromatic carbocycles. The molecular formula is C18H19ClN2. The maximum Gasteiger partial charge on any atom is 0.0493 e. The summed E-state index contributed by atoms with van der Waals surface area (Å²) in [5, 5.41) is 2.09. The first-order chi connectivity index (χ1) is 10.1. The molecule has 0 aliphatic heterocycles. The van der Waals surface area contributed by atoms with E-state index in [1.54, 1.807) is 0 Å². The van der Waals surface area contributed by atoms with E-state index in [2.05, 4.69) is 42.7 Å². The van der Waals surface area contributed by atoms with Crippen molar-refractivity contribution in [3.8, 4) is 0 Å². The van der Waals surface area contributed by atoms with Crippen molar-refractivity contribution in [2.75, 3.05) is 0 Å². The average molecular weight is 299 g/mol. The summed E-state index contributed by atoms with van der Waals surface area (Å²) in [7, 11) is 0. The minimum Gasteiger partial charge on any atom is -0.340 e. The summed E-state index contributed by atoms with van der Waals surface area (Å²) >= 11 is 6.30. The van der Waals surface area contributed by atoms with Crippen molar-refractivity contribution in [3.05, 3.63) is 69.9 Å². The molecule has 3 rings (SSSR count). The van der Waals surface area contributed by atoms with Crippen molar-refractivity contribution < 1.29 is 0 Å². The van der Waals surface area contributed by atoms with Gasteiger partial charge in [0.25, 0.3) is 0 Å². The molecule has 0 unspecified atom stereocenters. The molecular weight excluding hydrogens is 280 g/mol. The molecule has 0 amide bonds. The Hall–Kier alpha value is -1.77. The Labute approximate surface area is 130 Å². The zero-order chi connectivity index (χ0) is 15.0. The molecule has 2 N–H and O–H groups in total. The molecule has 0 atom stereocenters. The largest absolute Gasteiger partial charge is 0.340 e. The summed E-state index contributed by atoms with van der Waals surface area (Å²) in [6.07, 6.45) is 0. The van der Waals surface area contributed by atoms with Crippen molar-refractivity contribution in [3.63, 3.8) is 0 Å². The van der Waals surface area contributed by atoms with Crippen LogP contribution in [0.2, 0.25) is 5.02 Å². The van der Waals surface area contributed by atoms with Gasteiger partial charge in [-0.1, -0.05) is 35.9 Å². The highest BCUT2D eigenvalue weighted by atomic mass is 35.5. The van der Waals surface area contributed by atoms with Crippen molar-refractivity contribution in [2.45, 2.75) is 26.9 Å². The van der Waals surface area contributed by atoms with Crippen molar-refractivity contribution >= 4 is 22.5 Å².